The zero-order valence-corrected chi connectivity index (χ0v) is 14.6. The molecule has 1 amide bonds. The molecule has 4 nitrogen and oxygen atoms in total. The molecule has 1 atom stereocenters. The van der Waals surface area contributed by atoms with E-state index in [9.17, 15) is 9.59 Å². The molecule has 124 valence electrons. The monoisotopic (exact) mass is 315 g/mol. The smallest absolute Gasteiger partial charge is 0.414 e. The largest absolute Gasteiger partial charge is 0.443 e. The molecule has 1 saturated heterocycles. The molecule has 23 heavy (non-hydrogen) atoms. The molecule has 1 aliphatic carbocycles. The van der Waals surface area contributed by atoms with Crippen LogP contribution in [0.2, 0.25) is 0 Å². The number of carbonyl (C=O) groups is 2. The average Bonchev–Trinajstić information content (AvgIpc) is 2.92. The van der Waals surface area contributed by atoms with Gasteiger partial charge in [0, 0.05) is 29.8 Å². The SMILES string of the molecule is CC.CC(C)(C)OC(=O)N1CCC2C1=CC(=O)c1ccccc12. The van der Waals surface area contributed by atoms with Gasteiger partial charge in [0.2, 0.25) is 0 Å². The Labute approximate surface area is 138 Å². The van der Waals surface area contributed by atoms with E-state index in [1.807, 2.05) is 58.9 Å². The van der Waals surface area contributed by atoms with E-state index in [0.717, 1.165) is 23.2 Å². The van der Waals surface area contributed by atoms with Crippen LogP contribution in [-0.2, 0) is 4.74 Å². The van der Waals surface area contributed by atoms with Crippen LogP contribution in [0.25, 0.3) is 0 Å². The van der Waals surface area contributed by atoms with Crippen molar-refractivity contribution in [3.05, 3.63) is 47.2 Å². The number of hydrogen-bond donors (Lipinski definition) is 0. The van der Waals surface area contributed by atoms with Gasteiger partial charge in [-0.2, -0.15) is 0 Å². The second-order valence-electron chi connectivity index (χ2n) is 6.49. The van der Waals surface area contributed by atoms with Gasteiger partial charge in [0.25, 0.3) is 0 Å². The number of likely N-dealkylation sites (tertiary alicyclic amines) is 1. The summed E-state index contributed by atoms with van der Waals surface area (Å²) >= 11 is 0. The third kappa shape index (κ3) is 3.46. The van der Waals surface area contributed by atoms with Gasteiger partial charge in [-0.25, -0.2) is 4.79 Å². The maximum absolute atomic E-state index is 12.3. The summed E-state index contributed by atoms with van der Waals surface area (Å²) in [5.74, 6) is 0.0822. The first kappa shape index (κ1) is 17.3. The molecule has 1 aliphatic heterocycles. The van der Waals surface area contributed by atoms with E-state index in [1.54, 1.807) is 11.0 Å². The number of fused-ring (bicyclic) bond motifs is 3. The minimum Gasteiger partial charge on any atom is -0.443 e. The van der Waals surface area contributed by atoms with Crippen molar-refractivity contribution < 1.29 is 14.3 Å². The molecule has 4 heteroatoms. The zero-order valence-electron chi connectivity index (χ0n) is 14.6. The number of carbonyl (C=O) groups excluding carboxylic acids is 2. The van der Waals surface area contributed by atoms with Crippen LogP contribution >= 0.6 is 0 Å². The van der Waals surface area contributed by atoms with Gasteiger partial charge in [-0.3, -0.25) is 9.69 Å². The molecule has 1 aromatic rings. The van der Waals surface area contributed by atoms with E-state index < -0.39 is 5.60 Å². The average molecular weight is 315 g/mol. The van der Waals surface area contributed by atoms with Crippen molar-refractivity contribution in [3.63, 3.8) is 0 Å². The summed E-state index contributed by atoms with van der Waals surface area (Å²) in [6.45, 7) is 10.1. The Hall–Kier alpha value is -2.10. The van der Waals surface area contributed by atoms with Crippen molar-refractivity contribution >= 4 is 11.9 Å². The third-order valence-electron chi connectivity index (χ3n) is 3.80. The van der Waals surface area contributed by atoms with Crippen molar-refractivity contribution in [1.82, 2.24) is 4.90 Å². The van der Waals surface area contributed by atoms with Crippen molar-refractivity contribution in [2.24, 2.45) is 0 Å². The van der Waals surface area contributed by atoms with Crippen molar-refractivity contribution in [2.75, 3.05) is 6.54 Å². The van der Waals surface area contributed by atoms with Crippen LogP contribution in [0.5, 0.6) is 0 Å². The number of rotatable bonds is 0. The van der Waals surface area contributed by atoms with Crippen LogP contribution in [0.3, 0.4) is 0 Å². The van der Waals surface area contributed by atoms with Crippen LogP contribution in [0.4, 0.5) is 4.79 Å². The second kappa shape index (κ2) is 6.57. The Balaban J connectivity index is 0.000000924. The van der Waals surface area contributed by atoms with Crippen LogP contribution in [-0.4, -0.2) is 28.9 Å². The molecule has 0 radical (unpaired) electrons. The van der Waals surface area contributed by atoms with Crippen molar-refractivity contribution in [2.45, 2.75) is 52.6 Å². The second-order valence-corrected chi connectivity index (χ2v) is 6.49. The lowest BCUT2D eigenvalue weighted by atomic mass is 9.85. The number of ketones is 1. The molecular formula is C19H25NO3. The van der Waals surface area contributed by atoms with E-state index in [-0.39, 0.29) is 17.8 Å². The number of hydrogen-bond acceptors (Lipinski definition) is 3. The third-order valence-corrected chi connectivity index (χ3v) is 3.80. The molecule has 2 aliphatic rings. The quantitative estimate of drug-likeness (QED) is 0.707. The first-order valence-corrected chi connectivity index (χ1v) is 8.22. The predicted octanol–water partition coefficient (Wildman–Crippen LogP) is 4.52. The molecule has 3 rings (SSSR count). The Kier molecular flexibility index (Phi) is 4.93. The van der Waals surface area contributed by atoms with Crippen molar-refractivity contribution in [1.29, 1.82) is 0 Å². The Morgan fingerprint density at radius 3 is 2.52 bits per heavy atom. The fraction of sp³-hybridized carbons (Fsp3) is 0.474. The fourth-order valence-electron chi connectivity index (χ4n) is 2.97. The summed E-state index contributed by atoms with van der Waals surface area (Å²) in [4.78, 5) is 26.1. The highest BCUT2D eigenvalue weighted by Crippen LogP contribution is 2.41. The lowest BCUT2D eigenvalue weighted by Crippen LogP contribution is -2.35. The number of ether oxygens (including phenoxy) is 1. The topological polar surface area (TPSA) is 46.6 Å². The molecule has 0 bridgehead atoms. The lowest BCUT2D eigenvalue weighted by Gasteiger charge is -2.27. The van der Waals surface area contributed by atoms with Gasteiger partial charge < -0.3 is 4.74 Å². The summed E-state index contributed by atoms with van der Waals surface area (Å²) in [7, 11) is 0. The first-order chi connectivity index (χ1) is 10.9. The Morgan fingerprint density at radius 1 is 1.22 bits per heavy atom. The normalized spacial score (nSPS) is 19.2. The fourth-order valence-corrected chi connectivity index (χ4v) is 2.97. The van der Waals surface area contributed by atoms with Crippen LogP contribution in [0, 0.1) is 0 Å². The summed E-state index contributed by atoms with van der Waals surface area (Å²) in [5, 5.41) is 0. The van der Waals surface area contributed by atoms with E-state index >= 15 is 0 Å². The highest BCUT2D eigenvalue weighted by atomic mass is 16.6. The minimum atomic E-state index is -0.535. The van der Waals surface area contributed by atoms with E-state index in [2.05, 4.69) is 0 Å². The zero-order chi connectivity index (χ0) is 17.2. The molecule has 1 heterocycles. The van der Waals surface area contributed by atoms with Gasteiger partial charge in [-0.15, -0.1) is 0 Å². The van der Waals surface area contributed by atoms with Gasteiger partial charge in [-0.1, -0.05) is 38.1 Å². The van der Waals surface area contributed by atoms with Gasteiger partial charge in [-0.05, 0) is 32.8 Å². The minimum absolute atomic E-state index is 0.0349. The molecule has 1 unspecified atom stereocenters. The standard InChI is InChI=1S/C17H19NO3.C2H6/c1-17(2,3)21-16(20)18-9-8-12-11-6-4-5-7-13(11)15(19)10-14(12)18;1-2/h4-7,10,12H,8-9H2,1-3H3;1-2H3. The molecule has 1 aromatic carbocycles. The highest BCUT2D eigenvalue weighted by molar-refractivity contribution is 6.08. The number of amides is 1. The molecule has 0 saturated carbocycles. The summed E-state index contributed by atoms with van der Waals surface area (Å²) in [5.41, 5.74) is 2.00. The first-order valence-electron chi connectivity index (χ1n) is 8.22. The van der Waals surface area contributed by atoms with E-state index in [0.29, 0.717) is 6.54 Å². The van der Waals surface area contributed by atoms with Gasteiger partial charge in [0.1, 0.15) is 5.60 Å². The maximum atomic E-state index is 12.3. The lowest BCUT2D eigenvalue weighted by molar-refractivity contribution is 0.0337. The Bertz CT molecular complexity index is 640. The summed E-state index contributed by atoms with van der Waals surface area (Å²) < 4.78 is 5.43. The molecule has 1 fully saturated rings. The van der Waals surface area contributed by atoms with E-state index in [4.69, 9.17) is 4.74 Å². The summed E-state index contributed by atoms with van der Waals surface area (Å²) in [6, 6.07) is 7.63. The van der Waals surface area contributed by atoms with Gasteiger partial charge in [0.05, 0.1) is 0 Å². The highest BCUT2D eigenvalue weighted by Gasteiger charge is 2.39. The van der Waals surface area contributed by atoms with Crippen LogP contribution in [0.1, 0.15) is 62.9 Å². The van der Waals surface area contributed by atoms with Crippen LogP contribution < -0.4 is 0 Å². The molecular weight excluding hydrogens is 290 g/mol. The predicted molar refractivity (Wildman–Crippen MR) is 90.5 cm³/mol. The Morgan fingerprint density at radius 2 is 1.87 bits per heavy atom. The maximum Gasteiger partial charge on any atom is 0.414 e. The van der Waals surface area contributed by atoms with Gasteiger partial charge >= 0.3 is 6.09 Å². The van der Waals surface area contributed by atoms with E-state index in [1.165, 1.54) is 0 Å². The van der Waals surface area contributed by atoms with Crippen LogP contribution in [0.15, 0.2) is 36.0 Å². The molecule has 0 spiro atoms. The number of nitrogens with zero attached hydrogens (tertiary/aromatic N) is 1. The number of allylic oxidation sites excluding steroid dienone is 2. The summed E-state index contributed by atoms with van der Waals surface area (Å²) in [6.07, 6.45) is 2.04. The molecule has 0 aromatic heterocycles. The number of benzene rings is 1. The molecule has 0 N–H and O–H groups in total. The van der Waals surface area contributed by atoms with Gasteiger partial charge in [0.15, 0.2) is 5.78 Å². The van der Waals surface area contributed by atoms with Crippen molar-refractivity contribution in [3.8, 4) is 0 Å².